The molecule has 4 heteroatoms. The van der Waals surface area contributed by atoms with E-state index in [9.17, 15) is 8.42 Å². The molecule has 0 N–H and O–H groups in total. The number of benzene rings is 1. The van der Waals surface area contributed by atoms with Crippen LogP contribution < -0.4 is 4.74 Å². The quantitative estimate of drug-likeness (QED) is 0.777. The maximum absolute atomic E-state index is 12.5. The lowest BCUT2D eigenvalue weighted by Crippen LogP contribution is -2.30. The number of allylic oxidation sites excluding steroid dienone is 3. The summed E-state index contributed by atoms with van der Waals surface area (Å²) in [6, 6.07) is 6.49. The van der Waals surface area contributed by atoms with E-state index in [1.807, 2.05) is 6.92 Å². The molecule has 1 aliphatic carbocycles. The van der Waals surface area contributed by atoms with Crippen molar-refractivity contribution < 1.29 is 13.2 Å². The summed E-state index contributed by atoms with van der Waals surface area (Å²) >= 11 is 0. The molecule has 21 heavy (non-hydrogen) atoms. The van der Waals surface area contributed by atoms with Crippen molar-refractivity contribution in [2.75, 3.05) is 0 Å². The molecule has 0 spiro atoms. The lowest BCUT2D eigenvalue weighted by molar-refractivity contribution is 0.444. The Morgan fingerprint density at radius 1 is 1.14 bits per heavy atom. The van der Waals surface area contributed by atoms with Gasteiger partial charge in [-0.1, -0.05) is 18.4 Å². The van der Waals surface area contributed by atoms with Crippen LogP contribution in [0.3, 0.4) is 0 Å². The average Bonchev–Trinajstić information content (AvgIpc) is 2.48. The number of rotatable bonds is 5. The summed E-state index contributed by atoms with van der Waals surface area (Å²) in [6.07, 6.45) is 5.70. The first kappa shape index (κ1) is 15.4. The van der Waals surface area contributed by atoms with Crippen molar-refractivity contribution in [1.82, 2.24) is 0 Å². The van der Waals surface area contributed by atoms with Crippen LogP contribution in [0.2, 0.25) is 0 Å². The normalized spacial score (nSPS) is 14.1. The van der Waals surface area contributed by atoms with Crippen molar-refractivity contribution in [1.29, 1.82) is 0 Å². The maximum atomic E-state index is 12.5. The first-order valence-electron chi connectivity index (χ1n) is 6.77. The molecule has 1 aliphatic rings. The minimum absolute atomic E-state index is 0.314. The van der Waals surface area contributed by atoms with Crippen molar-refractivity contribution in [3.05, 3.63) is 59.7 Å². The predicted molar refractivity (Wildman–Crippen MR) is 82.9 cm³/mol. The molecule has 0 atom stereocenters. The van der Waals surface area contributed by atoms with Crippen LogP contribution in [0.25, 0.3) is 0 Å². The summed E-state index contributed by atoms with van der Waals surface area (Å²) < 4.78 is 29.8. The van der Waals surface area contributed by atoms with Crippen molar-refractivity contribution in [2.24, 2.45) is 0 Å². The van der Waals surface area contributed by atoms with Gasteiger partial charge in [-0.05, 0) is 56.7 Å². The molecule has 0 aromatic heterocycles. The SMILES string of the molecule is CCC(C)(C)S(=O)(=O)c1ccc(OC2=CC=C=C=C2)cc1. The van der Waals surface area contributed by atoms with E-state index in [0.29, 0.717) is 22.8 Å². The summed E-state index contributed by atoms with van der Waals surface area (Å²) in [4.78, 5) is 0.314. The molecule has 3 nitrogen and oxygen atoms in total. The second-order valence-electron chi connectivity index (χ2n) is 5.36. The molecule has 0 bridgehead atoms. The van der Waals surface area contributed by atoms with Crippen LogP contribution in [-0.4, -0.2) is 13.2 Å². The second kappa shape index (κ2) is 5.79. The molecule has 0 radical (unpaired) electrons. The molecule has 0 heterocycles. The van der Waals surface area contributed by atoms with Crippen LogP contribution >= 0.6 is 0 Å². The molecule has 0 unspecified atom stereocenters. The Morgan fingerprint density at radius 3 is 2.33 bits per heavy atom. The Bertz CT molecular complexity index is 753. The molecule has 110 valence electrons. The van der Waals surface area contributed by atoms with E-state index in [1.54, 1.807) is 56.3 Å². The Morgan fingerprint density at radius 2 is 1.81 bits per heavy atom. The number of ether oxygens (including phenoxy) is 1. The summed E-state index contributed by atoms with van der Waals surface area (Å²) in [7, 11) is -3.34. The summed E-state index contributed by atoms with van der Waals surface area (Å²) in [5.41, 5.74) is 5.58. The highest BCUT2D eigenvalue weighted by Gasteiger charge is 2.33. The third kappa shape index (κ3) is 3.20. The Kier molecular flexibility index (Phi) is 4.24. The van der Waals surface area contributed by atoms with Gasteiger partial charge in [-0.2, -0.15) is 0 Å². The maximum Gasteiger partial charge on any atom is 0.183 e. The summed E-state index contributed by atoms with van der Waals surface area (Å²) in [6.45, 7) is 5.35. The highest BCUT2D eigenvalue weighted by molar-refractivity contribution is 7.92. The fourth-order valence-electron chi connectivity index (χ4n) is 1.73. The molecule has 1 aromatic rings. The highest BCUT2D eigenvalue weighted by Crippen LogP contribution is 2.29. The van der Waals surface area contributed by atoms with Gasteiger partial charge in [-0.25, -0.2) is 8.42 Å². The van der Waals surface area contributed by atoms with E-state index in [1.165, 1.54) is 0 Å². The summed E-state index contributed by atoms with van der Waals surface area (Å²) in [5, 5.41) is 0. The first-order valence-corrected chi connectivity index (χ1v) is 8.25. The minimum atomic E-state index is -3.34. The van der Waals surface area contributed by atoms with Gasteiger partial charge in [0.05, 0.1) is 9.64 Å². The van der Waals surface area contributed by atoms with Crippen LogP contribution in [0.4, 0.5) is 0 Å². The molecule has 0 saturated carbocycles. The summed E-state index contributed by atoms with van der Waals surface area (Å²) in [5.74, 6) is 1.22. The predicted octanol–water partition coefficient (Wildman–Crippen LogP) is 3.79. The molecule has 0 fully saturated rings. The smallest absolute Gasteiger partial charge is 0.183 e. The number of hydrogen-bond acceptors (Lipinski definition) is 3. The van der Waals surface area contributed by atoms with E-state index in [0.717, 1.165) is 0 Å². The molecular weight excluding hydrogens is 284 g/mol. The highest BCUT2D eigenvalue weighted by atomic mass is 32.2. The minimum Gasteiger partial charge on any atom is -0.457 e. The van der Waals surface area contributed by atoms with Crippen molar-refractivity contribution in [3.63, 3.8) is 0 Å². The van der Waals surface area contributed by atoms with Crippen molar-refractivity contribution in [2.45, 2.75) is 36.8 Å². The van der Waals surface area contributed by atoms with Crippen LogP contribution in [0.5, 0.6) is 5.75 Å². The Hall–Kier alpha value is -1.99. The van der Waals surface area contributed by atoms with Gasteiger partial charge in [0.1, 0.15) is 11.5 Å². The van der Waals surface area contributed by atoms with E-state index in [4.69, 9.17) is 4.74 Å². The molecule has 0 saturated heterocycles. The van der Waals surface area contributed by atoms with E-state index in [-0.39, 0.29) is 0 Å². The van der Waals surface area contributed by atoms with Crippen molar-refractivity contribution >= 4 is 9.84 Å². The largest absolute Gasteiger partial charge is 0.457 e. The lowest BCUT2D eigenvalue weighted by Gasteiger charge is -2.23. The standard InChI is InChI=1S/C17H18O3S/c1-4-17(2,3)21(18,19)16-12-10-15(11-13-16)20-14-8-6-5-7-9-14/h6,8-13H,4H2,1-3H3. The van der Waals surface area contributed by atoms with Crippen LogP contribution in [-0.2, 0) is 9.84 Å². The lowest BCUT2D eigenvalue weighted by atomic mass is 10.1. The zero-order chi connectivity index (χ0) is 15.5. The van der Waals surface area contributed by atoms with Gasteiger partial charge in [0.15, 0.2) is 9.84 Å². The topological polar surface area (TPSA) is 43.4 Å². The zero-order valence-corrected chi connectivity index (χ0v) is 13.2. The van der Waals surface area contributed by atoms with Crippen LogP contribution in [0.1, 0.15) is 27.2 Å². The molecule has 2 rings (SSSR count). The first-order chi connectivity index (χ1) is 9.87. The molecule has 1 aromatic carbocycles. The van der Waals surface area contributed by atoms with E-state index in [2.05, 4.69) is 11.5 Å². The van der Waals surface area contributed by atoms with Gasteiger partial charge < -0.3 is 4.74 Å². The number of hydrogen-bond donors (Lipinski definition) is 0. The second-order valence-corrected chi connectivity index (χ2v) is 7.94. The average molecular weight is 302 g/mol. The van der Waals surface area contributed by atoms with E-state index >= 15 is 0 Å². The fourth-order valence-corrected chi connectivity index (χ4v) is 3.24. The number of sulfone groups is 1. The van der Waals surface area contributed by atoms with Gasteiger partial charge >= 0.3 is 0 Å². The van der Waals surface area contributed by atoms with Crippen molar-refractivity contribution in [3.8, 4) is 5.75 Å². The molecular formula is C17H18O3S. The monoisotopic (exact) mass is 302 g/mol. The molecule has 0 amide bonds. The Labute approximate surface area is 125 Å². The fraction of sp³-hybridized carbons (Fsp3) is 0.294. The van der Waals surface area contributed by atoms with Gasteiger partial charge in [0.2, 0.25) is 0 Å². The molecule has 0 aliphatic heterocycles. The third-order valence-electron chi connectivity index (χ3n) is 3.58. The third-order valence-corrected chi connectivity index (χ3v) is 6.21. The van der Waals surface area contributed by atoms with Crippen LogP contribution in [0, 0.1) is 0 Å². The van der Waals surface area contributed by atoms with Gasteiger partial charge in [0.25, 0.3) is 0 Å². The van der Waals surface area contributed by atoms with Gasteiger partial charge in [-0.15, -0.1) is 0 Å². The Balaban J connectivity index is 2.22. The van der Waals surface area contributed by atoms with Gasteiger partial charge in [0, 0.05) is 6.08 Å². The van der Waals surface area contributed by atoms with Crippen LogP contribution in [0.15, 0.2) is 64.6 Å². The zero-order valence-electron chi connectivity index (χ0n) is 12.4. The van der Waals surface area contributed by atoms with Gasteiger partial charge in [-0.3, -0.25) is 0 Å². The van der Waals surface area contributed by atoms with E-state index < -0.39 is 14.6 Å².